The van der Waals surface area contributed by atoms with Crippen molar-refractivity contribution >= 4 is 45.1 Å². The fraction of sp³-hybridized carbons (Fsp3) is 0.421. The molecule has 1 aromatic carbocycles. The molecule has 1 fully saturated rings. The molecular weight excluding hydrogens is 368 g/mol. The number of amidine groups is 1. The summed E-state index contributed by atoms with van der Waals surface area (Å²) in [7, 11) is 2.13. The molecule has 0 amide bonds. The van der Waals surface area contributed by atoms with Crippen LogP contribution >= 0.6 is 22.9 Å². The number of aliphatic hydroxyl groups is 1. The summed E-state index contributed by atoms with van der Waals surface area (Å²) in [5.41, 5.74) is 2.99. The number of halogens is 1. The van der Waals surface area contributed by atoms with Crippen LogP contribution in [0.1, 0.15) is 16.9 Å². The van der Waals surface area contributed by atoms with Gasteiger partial charge >= 0.3 is 0 Å². The standard InChI is InChI=1S/C19H23ClN4OS/c1-12-9-15-18(24-7-6-23(2)14(11-24)5-8-25)21-17-10-13(20)3-4-16(17)22-19(15)26-12/h3-4,9-10,14,22,25H,5-8,11H2,1-2H3/t14-/m0/s1. The van der Waals surface area contributed by atoms with E-state index < -0.39 is 0 Å². The number of nitrogens with one attached hydrogen (secondary N) is 1. The lowest BCUT2D eigenvalue weighted by Gasteiger charge is -2.40. The highest BCUT2D eigenvalue weighted by atomic mass is 35.5. The van der Waals surface area contributed by atoms with Crippen LogP contribution in [0.3, 0.4) is 0 Å². The fourth-order valence-electron chi connectivity index (χ4n) is 3.61. The van der Waals surface area contributed by atoms with Gasteiger partial charge in [-0.25, -0.2) is 4.99 Å². The van der Waals surface area contributed by atoms with E-state index in [-0.39, 0.29) is 6.61 Å². The van der Waals surface area contributed by atoms with Crippen LogP contribution in [0, 0.1) is 6.92 Å². The molecule has 7 heteroatoms. The number of nitrogens with zero attached hydrogens (tertiary/aromatic N) is 3. The van der Waals surface area contributed by atoms with Crippen molar-refractivity contribution in [2.24, 2.45) is 4.99 Å². The van der Waals surface area contributed by atoms with Gasteiger partial charge < -0.3 is 15.3 Å². The first-order valence-corrected chi connectivity index (χ1v) is 10.1. The SMILES string of the molecule is Cc1cc2c(s1)Nc1ccc(Cl)cc1N=C2N1CCN(C)[C@@H](CCO)C1. The molecule has 0 saturated carbocycles. The normalized spacial score (nSPS) is 20.1. The lowest BCUT2D eigenvalue weighted by atomic mass is 10.1. The molecule has 0 spiro atoms. The van der Waals surface area contributed by atoms with Gasteiger partial charge in [0.2, 0.25) is 0 Å². The van der Waals surface area contributed by atoms with Gasteiger partial charge in [-0.15, -0.1) is 11.3 Å². The number of likely N-dealkylation sites (N-methyl/N-ethyl adjacent to an activating group) is 1. The maximum Gasteiger partial charge on any atom is 0.139 e. The molecule has 0 radical (unpaired) electrons. The average Bonchev–Trinajstić information content (AvgIpc) is 2.90. The highest BCUT2D eigenvalue weighted by molar-refractivity contribution is 7.16. The largest absolute Gasteiger partial charge is 0.396 e. The number of benzene rings is 1. The summed E-state index contributed by atoms with van der Waals surface area (Å²) in [5.74, 6) is 0.994. The molecule has 2 N–H and O–H groups in total. The average molecular weight is 391 g/mol. The second kappa shape index (κ2) is 7.19. The van der Waals surface area contributed by atoms with E-state index in [1.165, 1.54) is 4.88 Å². The second-order valence-corrected chi connectivity index (χ2v) is 8.61. The van der Waals surface area contributed by atoms with E-state index in [2.05, 4.69) is 35.2 Å². The van der Waals surface area contributed by atoms with E-state index in [1.807, 2.05) is 18.2 Å². The molecule has 5 nitrogen and oxygen atoms in total. The first-order chi connectivity index (χ1) is 12.5. The van der Waals surface area contributed by atoms with Gasteiger partial charge in [0.25, 0.3) is 0 Å². The van der Waals surface area contributed by atoms with Crippen molar-refractivity contribution in [2.45, 2.75) is 19.4 Å². The highest BCUT2D eigenvalue weighted by Gasteiger charge is 2.29. The lowest BCUT2D eigenvalue weighted by molar-refractivity contribution is 0.115. The fourth-order valence-corrected chi connectivity index (χ4v) is 4.70. The van der Waals surface area contributed by atoms with E-state index in [0.29, 0.717) is 11.1 Å². The van der Waals surface area contributed by atoms with Gasteiger partial charge in [-0.1, -0.05) is 11.6 Å². The monoisotopic (exact) mass is 390 g/mol. The Morgan fingerprint density at radius 1 is 1.35 bits per heavy atom. The van der Waals surface area contributed by atoms with Crippen molar-refractivity contribution in [2.75, 3.05) is 38.6 Å². The minimum atomic E-state index is 0.206. The molecule has 0 aliphatic carbocycles. The summed E-state index contributed by atoms with van der Waals surface area (Å²) >= 11 is 7.96. The zero-order valence-electron chi connectivity index (χ0n) is 15.0. The molecule has 0 unspecified atom stereocenters. The van der Waals surface area contributed by atoms with Crippen LogP contribution in [0.2, 0.25) is 5.02 Å². The predicted octanol–water partition coefficient (Wildman–Crippen LogP) is 3.84. The topological polar surface area (TPSA) is 51.1 Å². The lowest BCUT2D eigenvalue weighted by Crippen LogP contribution is -2.53. The summed E-state index contributed by atoms with van der Waals surface area (Å²) in [6.45, 7) is 5.07. The van der Waals surface area contributed by atoms with E-state index in [4.69, 9.17) is 16.6 Å². The number of aliphatic hydroxyl groups excluding tert-OH is 1. The first-order valence-electron chi connectivity index (χ1n) is 8.87. The maximum atomic E-state index is 9.40. The van der Waals surface area contributed by atoms with Crippen LogP contribution in [0.4, 0.5) is 16.4 Å². The van der Waals surface area contributed by atoms with Gasteiger partial charge in [0.15, 0.2) is 0 Å². The Balaban J connectivity index is 1.77. The molecule has 2 aliphatic rings. The van der Waals surface area contributed by atoms with E-state index in [0.717, 1.165) is 53.8 Å². The minimum Gasteiger partial charge on any atom is -0.396 e. The van der Waals surface area contributed by atoms with Crippen molar-refractivity contribution in [1.82, 2.24) is 9.80 Å². The van der Waals surface area contributed by atoms with Crippen LogP contribution in [0.25, 0.3) is 0 Å². The molecule has 2 aromatic rings. The number of aryl methyl sites for hydroxylation is 1. The number of thiophene rings is 1. The van der Waals surface area contributed by atoms with Crippen molar-refractivity contribution in [3.8, 4) is 0 Å². The Morgan fingerprint density at radius 2 is 2.19 bits per heavy atom. The summed E-state index contributed by atoms with van der Waals surface area (Å²) in [5, 5.41) is 14.7. The number of rotatable bonds is 2. The smallest absolute Gasteiger partial charge is 0.139 e. The van der Waals surface area contributed by atoms with Gasteiger partial charge in [-0.3, -0.25) is 4.90 Å². The molecule has 4 rings (SSSR count). The summed E-state index contributed by atoms with van der Waals surface area (Å²) in [4.78, 5) is 11.0. The molecule has 26 heavy (non-hydrogen) atoms. The zero-order chi connectivity index (χ0) is 18.3. The third-order valence-corrected chi connectivity index (χ3v) is 6.27. The summed E-state index contributed by atoms with van der Waals surface area (Å²) in [6.07, 6.45) is 0.774. The maximum absolute atomic E-state index is 9.40. The number of piperazine rings is 1. The Morgan fingerprint density at radius 3 is 3.00 bits per heavy atom. The Bertz CT molecular complexity index is 850. The predicted molar refractivity (Wildman–Crippen MR) is 110 cm³/mol. The Labute approximate surface area is 162 Å². The van der Waals surface area contributed by atoms with Crippen molar-refractivity contribution in [3.05, 3.63) is 39.7 Å². The number of fused-ring (bicyclic) bond motifs is 2. The van der Waals surface area contributed by atoms with Gasteiger partial charge in [0.1, 0.15) is 10.8 Å². The highest BCUT2D eigenvalue weighted by Crippen LogP contribution is 2.40. The van der Waals surface area contributed by atoms with Crippen molar-refractivity contribution in [3.63, 3.8) is 0 Å². The number of anilines is 2. The minimum absolute atomic E-state index is 0.206. The van der Waals surface area contributed by atoms with Gasteiger partial charge in [-0.05, 0) is 44.7 Å². The summed E-state index contributed by atoms with van der Waals surface area (Å²) < 4.78 is 0. The number of hydrogen-bond acceptors (Lipinski definition) is 6. The van der Waals surface area contributed by atoms with Crippen LogP contribution < -0.4 is 5.32 Å². The molecule has 1 aromatic heterocycles. The third kappa shape index (κ3) is 3.34. The van der Waals surface area contributed by atoms with Gasteiger partial charge in [0, 0.05) is 42.2 Å². The van der Waals surface area contributed by atoms with Crippen LogP contribution in [0.5, 0.6) is 0 Å². The van der Waals surface area contributed by atoms with Crippen LogP contribution in [-0.4, -0.2) is 60.1 Å². The van der Waals surface area contributed by atoms with Gasteiger partial charge in [-0.2, -0.15) is 0 Å². The Hall–Kier alpha value is -1.60. The Kier molecular flexibility index (Phi) is 4.92. The molecule has 0 bridgehead atoms. The molecule has 2 aliphatic heterocycles. The van der Waals surface area contributed by atoms with Crippen molar-refractivity contribution in [1.29, 1.82) is 0 Å². The molecule has 1 saturated heterocycles. The van der Waals surface area contributed by atoms with Crippen LogP contribution in [0.15, 0.2) is 29.3 Å². The zero-order valence-corrected chi connectivity index (χ0v) is 16.6. The number of hydrogen-bond donors (Lipinski definition) is 2. The first kappa shape index (κ1) is 17.8. The second-order valence-electron chi connectivity index (χ2n) is 6.91. The third-order valence-electron chi connectivity index (χ3n) is 5.07. The van der Waals surface area contributed by atoms with E-state index in [1.54, 1.807) is 11.3 Å². The van der Waals surface area contributed by atoms with E-state index >= 15 is 0 Å². The quantitative estimate of drug-likeness (QED) is 0.817. The number of aliphatic imine (C=N–C) groups is 1. The molecule has 3 heterocycles. The summed E-state index contributed by atoms with van der Waals surface area (Å²) in [6, 6.07) is 8.32. The van der Waals surface area contributed by atoms with Crippen LogP contribution in [-0.2, 0) is 0 Å². The molecular formula is C19H23ClN4OS. The van der Waals surface area contributed by atoms with E-state index in [9.17, 15) is 5.11 Å². The van der Waals surface area contributed by atoms with Gasteiger partial charge in [0.05, 0.1) is 16.9 Å². The molecule has 1 atom stereocenters. The molecule has 138 valence electrons. The van der Waals surface area contributed by atoms with Crippen molar-refractivity contribution < 1.29 is 5.11 Å².